The van der Waals surface area contributed by atoms with Gasteiger partial charge in [-0.2, -0.15) is 0 Å². The molecule has 0 unspecified atom stereocenters. The number of nitrogens with zero attached hydrogens (tertiary/aromatic N) is 3. The van der Waals surface area contributed by atoms with E-state index in [9.17, 15) is 4.79 Å². The fraction of sp³-hybridized carbons (Fsp3) is 0.167. The van der Waals surface area contributed by atoms with Crippen molar-refractivity contribution in [2.75, 3.05) is 11.1 Å². The van der Waals surface area contributed by atoms with Gasteiger partial charge < -0.3 is 9.88 Å². The quantitative estimate of drug-likeness (QED) is 0.665. The van der Waals surface area contributed by atoms with E-state index in [1.807, 2.05) is 67.1 Å². The number of nitrogens with one attached hydrogen (secondary N) is 1. The highest BCUT2D eigenvalue weighted by Gasteiger charge is 2.06. The summed E-state index contributed by atoms with van der Waals surface area (Å²) in [6.07, 6.45) is 1.67. The second kappa shape index (κ2) is 8.22. The molecule has 25 heavy (non-hydrogen) atoms. The van der Waals surface area contributed by atoms with Crippen molar-refractivity contribution in [1.82, 2.24) is 14.8 Å². The lowest BCUT2D eigenvalue weighted by Gasteiger charge is -2.07. The third-order valence-corrected chi connectivity index (χ3v) is 5.48. The number of benzene rings is 2. The van der Waals surface area contributed by atoms with Crippen molar-refractivity contribution in [3.8, 4) is 0 Å². The number of aromatic nitrogens is 3. The van der Waals surface area contributed by atoms with Gasteiger partial charge in [0.05, 0.1) is 5.75 Å². The molecule has 5 nitrogen and oxygen atoms in total. The Morgan fingerprint density at radius 2 is 1.76 bits per heavy atom. The summed E-state index contributed by atoms with van der Waals surface area (Å²) in [6.45, 7) is 2.05. The van der Waals surface area contributed by atoms with Gasteiger partial charge in [0.2, 0.25) is 5.91 Å². The molecule has 7 heteroatoms. The highest BCUT2D eigenvalue weighted by molar-refractivity contribution is 8.00. The van der Waals surface area contributed by atoms with Gasteiger partial charge in [-0.05, 0) is 55.1 Å². The van der Waals surface area contributed by atoms with Crippen LogP contribution in [-0.2, 0) is 11.8 Å². The average molecular weight is 371 g/mol. The lowest BCUT2D eigenvalue weighted by molar-refractivity contribution is -0.113. The maximum absolute atomic E-state index is 12.1. The zero-order valence-electron chi connectivity index (χ0n) is 14.0. The molecule has 0 aliphatic rings. The van der Waals surface area contributed by atoms with Crippen LogP contribution in [0.2, 0.25) is 0 Å². The topological polar surface area (TPSA) is 59.8 Å². The van der Waals surface area contributed by atoms with Gasteiger partial charge in [-0.15, -0.1) is 22.0 Å². The minimum absolute atomic E-state index is 0.0146. The van der Waals surface area contributed by atoms with Gasteiger partial charge in [0.15, 0.2) is 5.16 Å². The van der Waals surface area contributed by atoms with Gasteiger partial charge in [-0.25, -0.2) is 0 Å². The van der Waals surface area contributed by atoms with Crippen molar-refractivity contribution in [3.63, 3.8) is 0 Å². The molecule has 0 bridgehead atoms. The first-order valence-electron chi connectivity index (χ1n) is 7.71. The molecule has 1 aromatic heterocycles. The number of thioether (sulfide) groups is 1. The highest BCUT2D eigenvalue weighted by Crippen LogP contribution is 2.26. The van der Waals surface area contributed by atoms with E-state index < -0.39 is 0 Å². The third-order valence-electron chi connectivity index (χ3n) is 3.41. The molecule has 3 rings (SSSR count). The zero-order chi connectivity index (χ0) is 17.6. The molecule has 0 radical (unpaired) electrons. The van der Waals surface area contributed by atoms with E-state index in [0.29, 0.717) is 5.75 Å². The molecule has 128 valence electrons. The highest BCUT2D eigenvalue weighted by atomic mass is 32.2. The second-order valence-corrected chi connectivity index (χ2v) is 7.59. The molecule has 0 aliphatic carbocycles. The predicted octanol–water partition coefficient (Wildman–Crippen LogP) is 4.01. The Kier molecular flexibility index (Phi) is 5.78. The minimum atomic E-state index is -0.0146. The molecule has 0 spiro atoms. The molecule has 0 aliphatic heterocycles. The molecule has 0 saturated heterocycles. The lowest BCUT2D eigenvalue weighted by Crippen LogP contribution is -2.13. The Hall–Kier alpha value is -2.25. The number of amides is 1. The Balaban J connectivity index is 1.51. The summed E-state index contributed by atoms with van der Waals surface area (Å²) in [4.78, 5) is 14.2. The van der Waals surface area contributed by atoms with Crippen LogP contribution < -0.4 is 5.32 Å². The molecule has 3 aromatic rings. The van der Waals surface area contributed by atoms with Gasteiger partial charge in [0.1, 0.15) is 6.33 Å². The molecule has 0 atom stereocenters. The van der Waals surface area contributed by atoms with Gasteiger partial charge >= 0.3 is 0 Å². The number of hydrogen-bond donors (Lipinski definition) is 1. The lowest BCUT2D eigenvalue weighted by atomic mass is 10.2. The summed E-state index contributed by atoms with van der Waals surface area (Å²) < 4.78 is 1.86. The van der Waals surface area contributed by atoms with E-state index in [2.05, 4.69) is 15.5 Å². The van der Waals surface area contributed by atoms with Crippen LogP contribution in [0.5, 0.6) is 0 Å². The minimum Gasteiger partial charge on any atom is -0.325 e. The summed E-state index contributed by atoms with van der Waals surface area (Å²) in [7, 11) is 1.91. The van der Waals surface area contributed by atoms with E-state index in [1.165, 1.54) is 29.1 Å². The first-order chi connectivity index (χ1) is 12.1. The SMILES string of the molecule is Cc1ccc(SCC(=O)Nc2ccc(Sc3nncn3C)cc2)cc1. The van der Waals surface area contributed by atoms with Gasteiger partial charge in [-0.1, -0.05) is 17.7 Å². The van der Waals surface area contributed by atoms with Crippen molar-refractivity contribution in [2.24, 2.45) is 7.05 Å². The number of aryl methyl sites for hydroxylation is 2. The largest absolute Gasteiger partial charge is 0.325 e. The summed E-state index contributed by atoms with van der Waals surface area (Å²) in [5.74, 6) is 0.373. The summed E-state index contributed by atoms with van der Waals surface area (Å²) in [5.41, 5.74) is 2.00. The van der Waals surface area contributed by atoms with E-state index >= 15 is 0 Å². The molecule has 0 fully saturated rings. The summed E-state index contributed by atoms with van der Waals surface area (Å²) in [6, 6.07) is 15.9. The number of carbonyl (C=O) groups excluding carboxylic acids is 1. The van der Waals surface area contributed by atoms with Gasteiger partial charge in [0, 0.05) is 22.5 Å². The number of hydrogen-bond acceptors (Lipinski definition) is 5. The standard InChI is InChI=1S/C18H18N4OS2/c1-13-3-7-15(8-4-13)24-11-17(23)20-14-5-9-16(10-6-14)25-18-21-19-12-22(18)2/h3-10,12H,11H2,1-2H3,(H,20,23). The first kappa shape index (κ1) is 17.6. The van der Waals surface area contributed by atoms with Crippen LogP contribution in [0.4, 0.5) is 5.69 Å². The van der Waals surface area contributed by atoms with E-state index in [1.54, 1.807) is 6.33 Å². The van der Waals surface area contributed by atoms with Crippen LogP contribution in [-0.4, -0.2) is 26.4 Å². The third kappa shape index (κ3) is 5.11. The normalized spacial score (nSPS) is 10.6. The molecular weight excluding hydrogens is 352 g/mol. The van der Waals surface area contributed by atoms with Crippen LogP contribution >= 0.6 is 23.5 Å². The number of carbonyl (C=O) groups is 1. The van der Waals surface area contributed by atoms with Crippen LogP contribution in [0.25, 0.3) is 0 Å². The van der Waals surface area contributed by atoms with E-state index in [0.717, 1.165) is 20.6 Å². The van der Waals surface area contributed by atoms with Crippen molar-refractivity contribution < 1.29 is 4.79 Å². The van der Waals surface area contributed by atoms with Crippen LogP contribution in [0.3, 0.4) is 0 Å². The van der Waals surface area contributed by atoms with E-state index in [-0.39, 0.29) is 5.91 Å². The van der Waals surface area contributed by atoms with Gasteiger partial charge in [0.25, 0.3) is 0 Å². The maximum atomic E-state index is 12.1. The van der Waals surface area contributed by atoms with Crippen LogP contribution in [0.1, 0.15) is 5.56 Å². The van der Waals surface area contributed by atoms with Crippen LogP contribution in [0.15, 0.2) is 69.8 Å². The summed E-state index contributed by atoms with van der Waals surface area (Å²) >= 11 is 3.06. The van der Waals surface area contributed by atoms with Crippen LogP contribution in [0, 0.1) is 6.92 Å². The molecular formula is C18H18N4OS2. The Morgan fingerprint density at radius 3 is 2.40 bits per heavy atom. The molecule has 0 saturated carbocycles. The van der Waals surface area contributed by atoms with Gasteiger partial charge in [-0.3, -0.25) is 4.79 Å². The first-order valence-corrected chi connectivity index (χ1v) is 9.51. The average Bonchev–Trinajstić information content (AvgIpc) is 3.01. The number of anilines is 1. The van der Waals surface area contributed by atoms with Crippen molar-refractivity contribution >= 4 is 35.1 Å². The Bertz CT molecular complexity index is 844. The fourth-order valence-corrected chi connectivity index (χ4v) is 3.52. The van der Waals surface area contributed by atoms with Crippen molar-refractivity contribution in [2.45, 2.75) is 21.9 Å². The monoisotopic (exact) mass is 370 g/mol. The smallest absolute Gasteiger partial charge is 0.234 e. The molecule has 1 amide bonds. The summed E-state index contributed by atoms with van der Waals surface area (Å²) in [5, 5.41) is 11.6. The molecule has 1 heterocycles. The Morgan fingerprint density at radius 1 is 1.08 bits per heavy atom. The Labute approximate surface area is 155 Å². The second-order valence-electron chi connectivity index (χ2n) is 5.50. The fourth-order valence-electron chi connectivity index (χ4n) is 2.06. The predicted molar refractivity (Wildman–Crippen MR) is 102 cm³/mol. The molecule has 1 N–H and O–H groups in total. The number of rotatable bonds is 6. The zero-order valence-corrected chi connectivity index (χ0v) is 15.6. The van der Waals surface area contributed by atoms with Crippen molar-refractivity contribution in [3.05, 3.63) is 60.4 Å². The van der Waals surface area contributed by atoms with E-state index in [4.69, 9.17) is 0 Å². The maximum Gasteiger partial charge on any atom is 0.234 e. The molecule has 2 aromatic carbocycles. The van der Waals surface area contributed by atoms with Crippen molar-refractivity contribution in [1.29, 1.82) is 0 Å².